The van der Waals surface area contributed by atoms with E-state index in [2.05, 4.69) is 10.1 Å². The molecule has 0 saturated heterocycles. The predicted octanol–water partition coefficient (Wildman–Crippen LogP) is 1.73. The minimum atomic E-state index is -0.0612. The van der Waals surface area contributed by atoms with Crippen LogP contribution in [0.3, 0.4) is 0 Å². The van der Waals surface area contributed by atoms with Crippen LogP contribution < -0.4 is 0 Å². The Hall–Kier alpha value is -2.21. The van der Waals surface area contributed by atoms with Crippen LogP contribution in [0.2, 0.25) is 0 Å². The zero-order chi connectivity index (χ0) is 16.1. The smallest absolute Gasteiger partial charge is 0.253 e. The van der Waals surface area contributed by atoms with Crippen molar-refractivity contribution in [1.29, 1.82) is 0 Å². The van der Waals surface area contributed by atoms with E-state index in [1.165, 1.54) is 0 Å². The third-order valence-electron chi connectivity index (χ3n) is 3.38. The number of rotatable bonds is 6. The molecular formula is C16H22N4O2. The van der Waals surface area contributed by atoms with Crippen LogP contribution in [0.15, 0.2) is 24.3 Å². The lowest BCUT2D eigenvalue weighted by Crippen LogP contribution is -2.34. The van der Waals surface area contributed by atoms with Crippen LogP contribution >= 0.6 is 0 Å². The Morgan fingerprint density at radius 3 is 2.41 bits per heavy atom. The fourth-order valence-corrected chi connectivity index (χ4v) is 2.40. The van der Waals surface area contributed by atoms with Crippen molar-refractivity contribution in [2.75, 3.05) is 19.7 Å². The molecule has 0 spiro atoms. The molecule has 6 heteroatoms. The fourth-order valence-electron chi connectivity index (χ4n) is 2.40. The standard InChI is InChI=1S/C16H22N4O2/c1-4-9-19(10-11-21)16(22)14-5-7-15(8-6-14)20-13(3)17-12(2)18-20/h5-8,21H,4,9-11H2,1-3H3. The van der Waals surface area contributed by atoms with Crippen LogP contribution in [-0.4, -0.2) is 50.4 Å². The van der Waals surface area contributed by atoms with Gasteiger partial charge < -0.3 is 10.0 Å². The topological polar surface area (TPSA) is 71.2 Å². The number of aromatic nitrogens is 3. The first-order chi connectivity index (χ1) is 10.6. The molecule has 0 atom stereocenters. The molecule has 0 radical (unpaired) electrons. The van der Waals surface area contributed by atoms with E-state index in [4.69, 9.17) is 5.11 Å². The largest absolute Gasteiger partial charge is 0.395 e. The molecule has 2 aromatic rings. The van der Waals surface area contributed by atoms with Gasteiger partial charge in [0.2, 0.25) is 0 Å². The SMILES string of the molecule is CCCN(CCO)C(=O)c1ccc(-n2nc(C)nc2C)cc1. The van der Waals surface area contributed by atoms with Crippen molar-refractivity contribution in [3.63, 3.8) is 0 Å². The average molecular weight is 302 g/mol. The molecule has 22 heavy (non-hydrogen) atoms. The van der Waals surface area contributed by atoms with Crippen LogP contribution in [-0.2, 0) is 0 Å². The molecule has 1 amide bonds. The normalized spacial score (nSPS) is 10.7. The van der Waals surface area contributed by atoms with Gasteiger partial charge in [0.25, 0.3) is 5.91 Å². The van der Waals surface area contributed by atoms with E-state index in [0.29, 0.717) is 18.7 Å². The van der Waals surface area contributed by atoms with E-state index in [-0.39, 0.29) is 12.5 Å². The maximum absolute atomic E-state index is 12.4. The molecule has 6 nitrogen and oxygen atoms in total. The summed E-state index contributed by atoms with van der Waals surface area (Å²) in [6, 6.07) is 7.29. The first kappa shape index (κ1) is 16.2. The summed E-state index contributed by atoms with van der Waals surface area (Å²) in [6.07, 6.45) is 0.862. The number of aryl methyl sites for hydroxylation is 2. The van der Waals surface area contributed by atoms with E-state index in [0.717, 1.165) is 23.8 Å². The Morgan fingerprint density at radius 1 is 1.23 bits per heavy atom. The van der Waals surface area contributed by atoms with Crippen molar-refractivity contribution in [3.8, 4) is 5.69 Å². The number of carbonyl (C=O) groups is 1. The summed E-state index contributed by atoms with van der Waals surface area (Å²) < 4.78 is 1.75. The van der Waals surface area contributed by atoms with Crippen molar-refractivity contribution in [2.24, 2.45) is 0 Å². The van der Waals surface area contributed by atoms with Gasteiger partial charge in [-0.05, 0) is 44.5 Å². The van der Waals surface area contributed by atoms with Gasteiger partial charge in [0.15, 0.2) is 0 Å². The third kappa shape index (κ3) is 3.51. The Labute approximate surface area is 130 Å². The van der Waals surface area contributed by atoms with Crippen molar-refractivity contribution in [2.45, 2.75) is 27.2 Å². The van der Waals surface area contributed by atoms with E-state index in [1.54, 1.807) is 21.7 Å². The summed E-state index contributed by atoms with van der Waals surface area (Å²) >= 11 is 0. The van der Waals surface area contributed by atoms with Crippen molar-refractivity contribution in [1.82, 2.24) is 19.7 Å². The molecule has 1 N–H and O–H groups in total. The van der Waals surface area contributed by atoms with Crippen LogP contribution in [0.25, 0.3) is 5.69 Å². The number of benzene rings is 1. The lowest BCUT2D eigenvalue weighted by atomic mass is 10.1. The van der Waals surface area contributed by atoms with Crippen LogP contribution in [0.4, 0.5) is 0 Å². The summed E-state index contributed by atoms with van der Waals surface area (Å²) in [4.78, 5) is 18.4. The minimum absolute atomic E-state index is 0.0265. The molecule has 0 aliphatic heterocycles. The first-order valence-electron chi connectivity index (χ1n) is 7.47. The fraction of sp³-hybridized carbons (Fsp3) is 0.438. The van der Waals surface area contributed by atoms with Gasteiger partial charge in [0, 0.05) is 18.7 Å². The van der Waals surface area contributed by atoms with Gasteiger partial charge >= 0.3 is 0 Å². The number of aliphatic hydroxyl groups is 1. The number of aliphatic hydroxyl groups excluding tert-OH is 1. The highest BCUT2D eigenvalue weighted by molar-refractivity contribution is 5.94. The highest BCUT2D eigenvalue weighted by Crippen LogP contribution is 2.13. The summed E-state index contributed by atoms with van der Waals surface area (Å²) in [5.74, 6) is 1.47. The lowest BCUT2D eigenvalue weighted by Gasteiger charge is -2.21. The van der Waals surface area contributed by atoms with E-state index >= 15 is 0 Å². The maximum Gasteiger partial charge on any atom is 0.253 e. The highest BCUT2D eigenvalue weighted by atomic mass is 16.3. The van der Waals surface area contributed by atoms with Gasteiger partial charge in [-0.2, -0.15) is 5.10 Å². The van der Waals surface area contributed by atoms with E-state index < -0.39 is 0 Å². The Bertz CT molecular complexity index is 628. The molecule has 1 aromatic carbocycles. The number of amides is 1. The van der Waals surface area contributed by atoms with E-state index in [9.17, 15) is 4.79 Å². The van der Waals surface area contributed by atoms with E-state index in [1.807, 2.05) is 32.9 Å². The lowest BCUT2D eigenvalue weighted by molar-refractivity contribution is 0.0722. The van der Waals surface area contributed by atoms with Crippen molar-refractivity contribution >= 4 is 5.91 Å². The summed E-state index contributed by atoms with van der Waals surface area (Å²) in [5, 5.41) is 13.4. The molecule has 0 fully saturated rings. The van der Waals surface area contributed by atoms with Gasteiger partial charge in [-0.15, -0.1) is 0 Å². The Kier molecular flexibility index (Phi) is 5.27. The number of hydrogen-bond donors (Lipinski definition) is 1. The summed E-state index contributed by atoms with van der Waals surface area (Å²) in [5.41, 5.74) is 1.49. The molecule has 118 valence electrons. The minimum Gasteiger partial charge on any atom is -0.395 e. The van der Waals surface area contributed by atoms with Gasteiger partial charge in [-0.1, -0.05) is 6.92 Å². The van der Waals surface area contributed by atoms with Gasteiger partial charge in [-0.3, -0.25) is 4.79 Å². The number of carbonyl (C=O) groups excluding carboxylic acids is 1. The quantitative estimate of drug-likeness (QED) is 0.882. The molecule has 0 unspecified atom stereocenters. The highest BCUT2D eigenvalue weighted by Gasteiger charge is 2.15. The third-order valence-corrected chi connectivity index (χ3v) is 3.38. The van der Waals surface area contributed by atoms with Gasteiger partial charge in [-0.25, -0.2) is 9.67 Å². The number of nitrogens with zero attached hydrogens (tertiary/aromatic N) is 4. The second-order valence-corrected chi connectivity index (χ2v) is 5.18. The van der Waals surface area contributed by atoms with Crippen molar-refractivity contribution < 1.29 is 9.90 Å². The molecule has 0 aliphatic rings. The maximum atomic E-state index is 12.4. The van der Waals surface area contributed by atoms with Gasteiger partial charge in [0.05, 0.1) is 12.3 Å². The Balaban J connectivity index is 2.20. The number of hydrogen-bond acceptors (Lipinski definition) is 4. The van der Waals surface area contributed by atoms with Crippen LogP contribution in [0.1, 0.15) is 35.4 Å². The monoisotopic (exact) mass is 302 g/mol. The zero-order valence-corrected chi connectivity index (χ0v) is 13.3. The molecule has 0 aliphatic carbocycles. The zero-order valence-electron chi connectivity index (χ0n) is 13.3. The summed E-state index contributed by atoms with van der Waals surface area (Å²) in [6.45, 7) is 6.72. The second-order valence-electron chi connectivity index (χ2n) is 5.18. The van der Waals surface area contributed by atoms with Gasteiger partial charge in [0.1, 0.15) is 11.6 Å². The molecule has 1 aromatic heterocycles. The predicted molar refractivity (Wildman–Crippen MR) is 84.1 cm³/mol. The molecular weight excluding hydrogens is 280 g/mol. The molecule has 0 saturated carbocycles. The first-order valence-corrected chi connectivity index (χ1v) is 7.47. The average Bonchev–Trinajstić information content (AvgIpc) is 2.85. The van der Waals surface area contributed by atoms with Crippen LogP contribution in [0, 0.1) is 13.8 Å². The molecule has 1 heterocycles. The molecule has 0 bridgehead atoms. The second kappa shape index (κ2) is 7.17. The van der Waals surface area contributed by atoms with Crippen LogP contribution in [0.5, 0.6) is 0 Å². The Morgan fingerprint density at radius 2 is 1.91 bits per heavy atom. The molecule has 2 rings (SSSR count). The summed E-state index contributed by atoms with van der Waals surface area (Å²) in [7, 11) is 0. The van der Waals surface area contributed by atoms with Crippen molar-refractivity contribution in [3.05, 3.63) is 41.5 Å².